The molecular formula is C13H17FN4O2S. The highest BCUT2D eigenvalue weighted by Crippen LogP contribution is 2.26. The predicted octanol–water partition coefficient (Wildman–Crippen LogP) is 1.40. The third-order valence-corrected chi connectivity index (χ3v) is 5.09. The summed E-state index contributed by atoms with van der Waals surface area (Å²) in [7, 11) is -0.722. The number of aryl methyl sites for hydroxylation is 1. The fraction of sp³-hybridized carbons (Fsp3) is 0.308. The van der Waals surface area contributed by atoms with Crippen molar-refractivity contribution < 1.29 is 12.8 Å². The monoisotopic (exact) mass is 312 g/mol. The second kappa shape index (κ2) is 5.82. The molecule has 8 heteroatoms. The zero-order chi connectivity index (χ0) is 15.6. The van der Waals surface area contributed by atoms with Crippen molar-refractivity contribution in [2.75, 3.05) is 18.4 Å². The lowest BCUT2D eigenvalue weighted by Gasteiger charge is -2.20. The highest BCUT2D eigenvalue weighted by atomic mass is 32.2. The van der Waals surface area contributed by atoms with E-state index < -0.39 is 15.8 Å². The van der Waals surface area contributed by atoms with Gasteiger partial charge in [0.2, 0.25) is 0 Å². The fourth-order valence-electron chi connectivity index (χ4n) is 2.05. The molecule has 0 spiro atoms. The van der Waals surface area contributed by atoms with Crippen LogP contribution >= 0.6 is 0 Å². The summed E-state index contributed by atoms with van der Waals surface area (Å²) in [6, 6.07) is 5.44. The number of sulfonamides is 1. The van der Waals surface area contributed by atoms with Gasteiger partial charge in [-0.3, -0.25) is 9.40 Å². The van der Waals surface area contributed by atoms with E-state index in [1.165, 1.54) is 31.3 Å². The first-order valence-corrected chi connectivity index (χ1v) is 7.75. The lowest BCUT2D eigenvalue weighted by molar-refractivity contribution is 0.591. The molecule has 0 amide bonds. The molecule has 2 rings (SSSR count). The summed E-state index contributed by atoms with van der Waals surface area (Å²) in [6.45, 7) is 1.95. The number of aromatic amines is 1. The third kappa shape index (κ3) is 2.91. The second-order valence-electron chi connectivity index (χ2n) is 4.61. The number of benzene rings is 1. The largest absolute Gasteiger partial charge is 0.314 e. The molecule has 0 unspecified atom stereocenters. The van der Waals surface area contributed by atoms with Gasteiger partial charge in [-0.2, -0.15) is 5.10 Å². The summed E-state index contributed by atoms with van der Waals surface area (Å²) in [5, 5.41) is 9.55. The van der Waals surface area contributed by atoms with E-state index in [2.05, 4.69) is 15.5 Å². The lowest BCUT2D eigenvalue weighted by atomic mass is 10.3. The van der Waals surface area contributed by atoms with Crippen molar-refractivity contribution >= 4 is 15.7 Å². The Morgan fingerprint density at radius 1 is 1.43 bits per heavy atom. The van der Waals surface area contributed by atoms with Crippen LogP contribution in [0, 0.1) is 12.7 Å². The quantitative estimate of drug-likeness (QED) is 0.875. The number of hydrogen-bond donors (Lipinski definition) is 2. The minimum absolute atomic E-state index is 0.114. The molecule has 1 aromatic heterocycles. The van der Waals surface area contributed by atoms with Crippen LogP contribution in [0.4, 0.5) is 10.1 Å². The fourth-order valence-corrected chi connectivity index (χ4v) is 3.56. The van der Waals surface area contributed by atoms with E-state index in [9.17, 15) is 12.8 Å². The molecule has 6 nitrogen and oxygen atoms in total. The minimum Gasteiger partial charge on any atom is -0.314 e. The van der Waals surface area contributed by atoms with Crippen LogP contribution in [-0.4, -0.2) is 32.7 Å². The van der Waals surface area contributed by atoms with Gasteiger partial charge in [0.25, 0.3) is 10.0 Å². The molecule has 0 fully saturated rings. The lowest BCUT2D eigenvalue weighted by Crippen LogP contribution is -2.28. The molecule has 0 aliphatic rings. The van der Waals surface area contributed by atoms with Crippen molar-refractivity contribution in [3.05, 3.63) is 41.5 Å². The molecule has 0 aliphatic carbocycles. The summed E-state index contributed by atoms with van der Waals surface area (Å²) in [6.07, 6.45) is 0. The minimum atomic E-state index is -3.82. The van der Waals surface area contributed by atoms with Crippen molar-refractivity contribution in [2.24, 2.45) is 0 Å². The van der Waals surface area contributed by atoms with Crippen molar-refractivity contribution in [1.29, 1.82) is 0 Å². The summed E-state index contributed by atoms with van der Waals surface area (Å²) in [4.78, 5) is 0.114. The van der Waals surface area contributed by atoms with Crippen LogP contribution < -0.4 is 9.62 Å². The van der Waals surface area contributed by atoms with E-state index in [0.29, 0.717) is 17.9 Å². The average molecular weight is 312 g/mol. The Kier molecular flexibility index (Phi) is 4.29. The predicted molar refractivity (Wildman–Crippen MR) is 78.1 cm³/mol. The topological polar surface area (TPSA) is 78.1 Å². The van der Waals surface area contributed by atoms with Crippen LogP contribution in [0.25, 0.3) is 0 Å². The van der Waals surface area contributed by atoms with Gasteiger partial charge in [0, 0.05) is 13.6 Å². The smallest absolute Gasteiger partial charge is 0.267 e. The summed E-state index contributed by atoms with van der Waals surface area (Å²) in [5.74, 6) is -0.492. The zero-order valence-corrected chi connectivity index (χ0v) is 12.8. The van der Waals surface area contributed by atoms with Gasteiger partial charge in [0.15, 0.2) is 0 Å². The number of nitrogens with zero attached hydrogens (tertiary/aromatic N) is 2. The molecule has 0 aliphatic heterocycles. The Hall–Kier alpha value is -1.93. The number of aromatic nitrogens is 2. The first-order valence-electron chi connectivity index (χ1n) is 6.31. The Labute approximate surface area is 123 Å². The first-order chi connectivity index (χ1) is 9.87. The molecule has 0 radical (unpaired) electrons. The molecule has 0 saturated carbocycles. The highest BCUT2D eigenvalue weighted by molar-refractivity contribution is 7.92. The van der Waals surface area contributed by atoms with Crippen LogP contribution in [0.2, 0.25) is 0 Å². The number of nitrogens with one attached hydrogen (secondary N) is 2. The summed E-state index contributed by atoms with van der Waals surface area (Å²) in [5.41, 5.74) is 1.10. The normalized spacial score (nSPS) is 11.6. The molecular weight excluding hydrogens is 295 g/mol. The summed E-state index contributed by atoms with van der Waals surface area (Å²) < 4.78 is 39.8. The van der Waals surface area contributed by atoms with Gasteiger partial charge in [-0.25, -0.2) is 12.8 Å². The molecule has 2 aromatic rings. The number of rotatable bonds is 5. The van der Waals surface area contributed by atoms with Crippen LogP contribution in [-0.2, 0) is 16.6 Å². The van der Waals surface area contributed by atoms with E-state index in [1.807, 2.05) is 0 Å². The number of hydrogen-bond acceptors (Lipinski definition) is 4. The molecule has 114 valence electrons. The Morgan fingerprint density at radius 2 is 2.14 bits per heavy atom. The Morgan fingerprint density at radius 3 is 2.76 bits per heavy atom. The Balaban J connectivity index is 2.49. The second-order valence-corrected chi connectivity index (χ2v) is 6.51. The molecule has 0 saturated heterocycles. The molecule has 1 heterocycles. The van der Waals surface area contributed by atoms with E-state index >= 15 is 0 Å². The van der Waals surface area contributed by atoms with Gasteiger partial charge >= 0.3 is 0 Å². The van der Waals surface area contributed by atoms with Gasteiger partial charge in [-0.05, 0) is 32.2 Å². The summed E-state index contributed by atoms with van der Waals surface area (Å²) >= 11 is 0. The van der Waals surface area contributed by atoms with Crippen molar-refractivity contribution in [1.82, 2.24) is 15.5 Å². The zero-order valence-electron chi connectivity index (χ0n) is 12.0. The maximum Gasteiger partial charge on any atom is 0.267 e. The van der Waals surface area contributed by atoms with Gasteiger partial charge in [0.1, 0.15) is 10.7 Å². The standard InChI is InChI=1S/C13H17FN4O2S/c1-9-13(12(8-15-2)17-16-9)21(19,20)18(3)11-6-4-5-10(14)7-11/h4-7,15H,8H2,1-3H3,(H,16,17). The maximum absolute atomic E-state index is 13.3. The van der Waals surface area contributed by atoms with Crippen molar-refractivity contribution in [3.63, 3.8) is 0 Å². The van der Waals surface area contributed by atoms with Gasteiger partial charge in [-0.1, -0.05) is 6.07 Å². The van der Waals surface area contributed by atoms with E-state index in [4.69, 9.17) is 0 Å². The van der Waals surface area contributed by atoms with Crippen LogP contribution in [0.3, 0.4) is 0 Å². The van der Waals surface area contributed by atoms with Crippen molar-refractivity contribution in [2.45, 2.75) is 18.4 Å². The van der Waals surface area contributed by atoms with E-state index in [1.54, 1.807) is 14.0 Å². The van der Waals surface area contributed by atoms with E-state index in [-0.39, 0.29) is 10.6 Å². The van der Waals surface area contributed by atoms with Gasteiger partial charge in [0.05, 0.1) is 17.1 Å². The van der Waals surface area contributed by atoms with Crippen LogP contribution in [0.5, 0.6) is 0 Å². The maximum atomic E-state index is 13.3. The highest BCUT2D eigenvalue weighted by Gasteiger charge is 2.28. The van der Waals surface area contributed by atoms with Crippen molar-refractivity contribution in [3.8, 4) is 0 Å². The number of anilines is 1. The third-order valence-electron chi connectivity index (χ3n) is 3.10. The van der Waals surface area contributed by atoms with Crippen LogP contribution in [0.15, 0.2) is 29.2 Å². The number of H-pyrrole nitrogens is 1. The van der Waals surface area contributed by atoms with E-state index in [0.717, 1.165) is 4.31 Å². The Bertz CT molecular complexity index is 742. The van der Waals surface area contributed by atoms with Gasteiger partial charge in [-0.15, -0.1) is 0 Å². The SMILES string of the molecule is CNCc1n[nH]c(C)c1S(=O)(=O)N(C)c1cccc(F)c1. The number of halogens is 1. The molecule has 1 aromatic carbocycles. The molecule has 21 heavy (non-hydrogen) atoms. The molecule has 0 bridgehead atoms. The van der Waals surface area contributed by atoms with Gasteiger partial charge < -0.3 is 5.32 Å². The average Bonchev–Trinajstić information content (AvgIpc) is 2.80. The first kappa shape index (κ1) is 15.5. The van der Waals surface area contributed by atoms with Crippen LogP contribution in [0.1, 0.15) is 11.4 Å². The molecule has 0 atom stereocenters. The molecule has 2 N–H and O–H groups in total.